The third kappa shape index (κ3) is 1.96. The van der Waals surface area contributed by atoms with Gasteiger partial charge in [-0.2, -0.15) is 5.10 Å². The van der Waals surface area contributed by atoms with E-state index in [1.807, 2.05) is 0 Å². The molecule has 2 amide bonds. The highest BCUT2D eigenvalue weighted by atomic mass is 19.1. The summed E-state index contributed by atoms with van der Waals surface area (Å²) in [7, 11) is 0. The summed E-state index contributed by atoms with van der Waals surface area (Å²) >= 11 is 0. The average Bonchev–Trinajstić information content (AvgIpc) is 3.16. The highest BCUT2D eigenvalue weighted by Crippen LogP contribution is 2.29. The fourth-order valence-corrected chi connectivity index (χ4v) is 2.66. The highest BCUT2D eigenvalue weighted by molar-refractivity contribution is 6.34. The zero-order valence-electron chi connectivity index (χ0n) is 11.8. The molecule has 2 aromatic carbocycles. The number of carbonyl (C=O) groups excluding carboxylic acids is 2. The molecular formula is C17H10FN3O2. The first-order valence-corrected chi connectivity index (χ1v) is 6.94. The standard InChI is InChI=1S/C17H10FN3O2/c18-14-10-11(6-7-15(14)20-9-3-8-19-20)21-16(22)12-4-1-2-5-13(12)17(21)23/h1-10H. The van der Waals surface area contributed by atoms with Crippen molar-refractivity contribution in [3.8, 4) is 5.69 Å². The Morgan fingerprint density at radius 2 is 1.61 bits per heavy atom. The summed E-state index contributed by atoms with van der Waals surface area (Å²) < 4.78 is 15.7. The number of halogens is 1. The second kappa shape index (κ2) is 4.88. The molecule has 0 radical (unpaired) electrons. The first-order chi connectivity index (χ1) is 11.2. The fraction of sp³-hybridized carbons (Fsp3) is 0. The van der Waals surface area contributed by atoms with Gasteiger partial charge in [0.2, 0.25) is 0 Å². The van der Waals surface area contributed by atoms with Crippen LogP contribution in [0.3, 0.4) is 0 Å². The van der Waals surface area contributed by atoms with Crippen molar-refractivity contribution in [2.45, 2.75) is 0 Å². The van der Waals surface area contributed by atoms with E-state index >= 15 is 0 Å². The Morgan fingerprint density at radius 3 is 2.17 bits per heavy atom. The largest absolute Gasteiger partial charge is 0.268 e. The topological polar surface area (TPSA) is 55.2 Å². The maximum atomic E-state index is 14.3. The molecule has 5 nitrogen and oxygen atoms in total. The molecule has 0 saturated heterocycles. The number of nitrogens with zero attached hydrogens (tertiary/aromatic N) is 3. The molecule has 0 N–H and O–H groups in total. The summed E-state index contributed by atoms with van der Waals surface area (Å²) in [4.78, 5) is 25.8. The summed E-state index contributed by atoms with van der Waals surface area (Å²) in [5.41, 5.74) is 1.10. The predicted molar refractivity (Wildman–Crippen MR) is 81.1 cm³/mol. The molecule has 0 unspecified atom stereocenters. The van der Waals surface area contributed by atoms with Gasteiger partial charge in [-0.3, -0.25) is 9.59 Å². The Labute approximate surface area is 130 Å². The first-order valence-electron chi connectivity index (χ1n) is 6.94. The monoisotopic (exact) mass is 307 g/mol. The van der Waals surface area contributed by atoms with Crippen molar-refractivity contribution >= 4 is 17.5 Å². The third-order valence-electron chi connectivity index (χ3n) is 3.73. The van der Waals surface area contributed by atoms with Gasteiger partial charge < -0.3 is 0 Å². The smallest absolute Gasteiger partial charge is 0.266 e. The molecule has 23 heavy (non-hydrogen) atoms. The Kier molecular flexibility index (Phi) is 2.84. The minimum atomic E-state index is -0.567. The van der Waals surface area contributed by atoms with Crippen LogP contribution in [0.4, 0.5) is 10.1 Å². The molecule has 0 bridgehead atoms. The van der Waals surface area contributed by atoms with Crippen molar-refractivity contribution in [2.75, 3.05) is 4.90 Å². The Bertz CT molecular complexity index is 900. The van der Waals surface area contributed by atoms with Gasteiger partial charge in [-0.15, -0.1) is 0 Å². The fourth-order valence-electron chi connectivity index (χ4n) is 2.66. The van der Waals surface area contributed by atoms with Crippen molar-refractivity contribution in [2.24, 2.45) is 0 Å². The Morgan fingerprint density at radius 1 is 0.913 bits per heavy atom. The van der Waals surface area contributed by atoms with Crippen LogP contribution in [0, 0.1) is 5.82 Å². The van der Waals surface area contributed by atoms with Gasteiger partial charge in [0.05, 0.1) is 16.8 Å². The van der Waals surface area contributed by atoms with Gasteiger partial charge in [0.15, 0.2) is 5.82 Å². The Balaban J connectivity index is 1.77. The van der Waals surface area contributed by atoms with Crippen molar-refractivity contribution < 1.29 is 14.0 Å². The number of aromatic nitrogens is 2. The van der Waals surface area contributed by atoms with Crippen LogP contribution in [0.5, 0.6) is 0 Å². The second-order valence-electron chi connectivity index (χ2n) is 5.08. The third-order valence-corrected chi connectivity index (χ3v) is 3.73. The average molecular weight is 307 g/mol. The van der Waals surface area contributed by atoms with Crippen molar-refractivity contribution in [1.29, 1.82) is 0 Å². The van der Waals surface area contributed by atoms with E-state index in [4.69, 9.17) is 0 Å². The summed E-state index contributed by atoms with van der Waals surface area (Å²) in [6.45, 7) is 0. The van der Waals surface area contributed by atoms with Crippen LogP contribution in [-0.4, -0.2) is 21.6 Å². The molecule has 0 spiro atoms. The van der Waals surface area contributed by atoms with Crippen LogP contribution in [0.2, 0.25) is 0 Å². The lowest BCUT2D eigenvalue weighted by atomic mass is 10.1. The van der Waals surface area contributed by atoms with E-state index in [9.17, 15) is 14.0 Å². The van der Waals surface area contributed by atoms with Gasteiger partial charge in [0, 0.05) is 18.5 Å². The number of benzene rings is 2. The predicted octanol–water partition coefficient (Wildman–Crippen LogP) is 2.81. The van der Waals surface area contributed by atoms with E-state index in [1.54, 1.807) is 36.5 Å². The van der Waals surface area contributed by atoms with E-state index in [1.165, 1.54) is 29.1 Å². The molecule has 1 aromatic heterocycles. The number of hydrogen-bond donors (Lipinski definition) is 0. The van der Waals surface area contributed by atoms with Crippen molar-refractivity contribution in [3.05, 3.63) is 77.9 Å². The molecule has 112 valence electrons. The molecule has 4 rings (SSSR count). The van der Waals surface area contributed by atoms with Crippen LogP contribution in [0.25, 0.3) is 5.69 Å². The van der Waals surface area contributed by atoms with Crippen molar-refractivity contribution in [1.82, 2.24) is 9.78 Å². The lowest BCUT2D eigenvalue weighted by Gasteiger charge is -2.15. The van der Waals surface area contributed by atoms with Gasteiger partial charge in [-0.05, 0) is 30.3 Å². The number of hydrogen-bond acceptors (Lipinski definition) is 3. The normalized spacial score (nSPS) is 13.5. The number of rotatable bonds is 2. The number of imide groups is 1. The maximum absolute atomic E-state index is 14.3. The number of carbonyl (C=O) groups is 2. The van der Waals surface area contributed by atoms with Gasteiger partial charge in [-0.25, -0.2) is 14.0 Å². The number of anilines is 1. The summed E-state index contributed by atoms with van der Waals surface area (Å²) in [6, 6.07) is 12.4. The van der Waals surface area contributed by atoms with Gasteiger partial charge >= 0.3 is 0 Å². The number of fused-ring (bicyclic) bond motifs is 1. The lowest BCUT2D eigenvalue weighted by Crippen LogP contribution is -2.29. The molecule has 2 heterocycles. The van der Waals surface area contributed by atoms with E-state index < -0.39 is 17.6 Å². The van der Waals surface area contributed by atoms with Gasteiger partial charge in [0.1, 0.15) is 5.69 Å². The van der Waals surface area contributed by atoms with E-state index in [-0.39, 0.29) is 11.4 Å². The van der Waals surface area contributed by atoms with E-state index in [2.05, 4.69) is 5.10 Å². The van der Waals surface area contributed by atoms with Gasteiger partial charge in [-0.1, -0.05) is 12.1 Å². The van der Waals surface area contributed by atoms with Crippen LogP contribution in [-0.2, 0) is 0 Å². The van der Waals surface area contributed by atoms with Crippen LogP contribution >= 0.6 is 0 Å². The summed E-state index contributed by atoms with van der Waals surface area (Å²) in [5.74, 6) is -1.46. The minimum absolute atomic E-state index is 0.199. The summed E-state index contributed by atoms with van der Waals surface area (Å²) in [6.07, 6.45) is 3.15. The molecule has 0 atom stereocenters. The summed E-state index contributed by atoms with van der Waals surface area (Å²) in [5, 5.41) is 3.97. The number of amides is 2. The molecule has 1 aliphatic rings. The SMILES string of the molecule is O=C1c2ccccc2C(=O)N1c1ccc(-n2cccn2)c(F)c1. The van der Waals surface area contributed by atoms with Gasteiger partial charge in [0.25, 0.3) is 11.8 Å². The maximum Gasteiger partial charge on any atom is 0.266 e. The van der Waals surface area contributed by atoms with Crippen molar-refractivity contribution in [3.63, 3.8) is 0 Å². The highest BCUT2D eigenvalue weighted by Gasteiger charge is 2.36. The molecule has 0 aliphatic carbocycles. The van der Waals surface area contributed by atoms with E-state index in [0.29, 0.717) is 11.1 Å². The quantitative estimate of drug-likeness (QED) is 0.684. The molecular weight excluding hydrogens is 297 g/mol. The minimum Gasteiger partial charge on any atom is -0.268 e. The molecule has 6 heteroatoms. The Hall–Kier alpha value is -3.28. The molecule has 1 aliphatic heterocycles. The first kappa shape index (κ1) is 13.4. The molecule has 0 fully saturated rings. The zero-order chi connectivity index (χ0) is 16.0. The molecule has 0 saturated carbocycles. The lowest BCUT2D eigenvalue weighted by molar-refractivity contribution is 0.0926. The van der Waals surface area contributed by atoms with Crippen LogP contribution < -0.4 is 4.90 Å². The zero-order valence-corrected chi connectivity index (χ0v) is 11.8. The molecule has 3 aromatic rings. The van der Waals surface area contributed by atoms with Crippen LogP contribution in [0.15, 0.2) is 60.9 Å². The van der Waals surface area contributed by atoms with E-state index in [0.717, 1.165) is 4.90 Å². The second-order valence-corrected chi connectivity index (χ2v) is 5.08. The van der Waals surface area contributed by atoms with Crippen LogP contribution in [0.1, 0.15) is 20.7 Å².